The van der Waals surface area contributed by atoms with Crippen LogP contribution in [0, 0.1) is 0 Å². The highest BCUT2D eigenvalue weighted by Crippen LogP contribution is 2.29. The summed E-state index contributed by atoms with van der Waals surface area (Å²) in [4.78, 5) is 0. The van der Waals surface area contributed by atoms with Crippen LogP contribution in [0.1, 0.15) is 30.2 Å². The van der Waals surface area contributed by atoms with Crippen molar-refractivity contribution >= 4 is 11.0 Å². The van der Waals surface area contributed by atoms with E-state index in [2.05, 4.69) is 6.92 Å². The van der Waals surface area contributed by atoms with E-state index in [4.69, 9.17) is 24.1 Å². The number of ether oxygens (including phenoxy) is 2. The number of rotatable bonds is 10. The third-order valence-electron chi connectivity index (χ3n) is 5.19. The Kier molecular flexibility index (Phi) is 7.10. The van der Waals surface area contributed by atoms with Gasteiger partial charge >= 0.3 is 0 Å². The Hall–Kier alpha value is -3.28. The average Bonchev–Trinajstić information content (AvgIpc) is 3.18. The van der Waals surface area contributed by atoms with Gasteiger partial charge in [0.05, 0.1) is 6.61 Å². The van der Waals surface area contributed by atoms with Crippen molar-refractivity contribution < 1.29 is 24.1 Å². The predicted molar refractivity (Wildman–Crippen MR) is 124 cm³/mol. The van der Waals surface area contributed by atoms with Crippen LogP contribution >= 0.6 is 0 Å². The van der Waals surface area contributed by atoms with E-state index in [1.165, 1.54) is 0 Å². The summed E-state index contributed by atoms with van der Waals surface area (Å²) in [6.45, 7) is 2.64. The second kappa shape index (κ2) is 10.4. The van der Waals surface area contributed by atoms with Crippen LogP contribution in [0.5, 0.6) is 17.2 Å². The molecule has 32 heavy (non-hydrogen) atoms. The third kappa shape index (κ3) is 5.69. The van der Waals surface area contributed by atoms with Gasteiger partial charge in [0.15, 0.2) is 6.29 Å². The maximum absolute atomic E-state index is 9.17. The number of hydrogen-bond donors (Lipinski definition) is 2. The van der Waals surface area contributed by atoms with Gasteiger partial charge in [0.1, 0.15) is 28.6 Å². The Morgan fingerprint density at radius 3 is 2.50 bits per heavy atom. The van der Waals surface area contributed by atoms with Gasteiger partial charge in [0.2, 0.25) is 0 Å². The lowest BCUT2D eigenvalue weighted by molar-refractivity contribution is -0.0381. The zero-order valence-electron chi connectivity index (χ0n) is 18.2. The molecule has 0 aliphatic carbocycles. The van der Waals surface area contributed by atoms with E-state index < -0.39 is 6.29 Å². The summed E-state index contributed by atoms with van der Waals surface area (Å²) in [5, 5.41) is 19.3. The SMILES string of the molecule is CCCc1cc(Oc2ccccc2)ccc1OCCc1cc2cc(CC(O)O)ccc2o1. The van der Waals surface area contributed by atoms with Crippen molar-refractivity contribution in [3.05, 3.63) is 89.7 Å². The molecule has 0 aliphatic heterocycles. The molecule has 166 valence electrons. The van der Waals surface area contributed by atoms with Crippen LogP contribution in [0.3, 0.4) is 0 Å². The van der Waals surface area contributed by atoms with Crippen LogP contribution in [-0.2, 0) is 19.3 Å². The van der Waals surface area contributed by atoms with Gasteiger partial charge in [0.25, 0.3) is 0 Å². The van der Waals surface area contributed by atoms with E-state index in [0.717, 1.165) is 57.9 Å². The molecule has 0 atom stereocenters. The molecule has 0 amide bonds. The first-order valence-corrected chi connectivity index (χ1v) is 11.0. The Bertz CT molecular complexity index is 1150. The zero-order valence-corrected chi connectivity index (χ0v) is 18.2. The monoisotopic (exact) mass is 432 g/mol. The predicted octanol–water partition coefficient (Wildman–Crippen LogP) is 5.65. The maximum atomic E-state index is 9.17. The van der Waals surface area contributed by atoms with Gasteiger partial charge in [-0.3, -0.25) is 0 Å². The van der Waals surface area contributed by atoms with E-state index in [-0.39, 0.29) is 6.42 Å². The van der Waals surface area contributed by atoms with Crippen molar-refractivity contribution in [2.75, 3.05) is 6.61 Å². The standard InChI is InChI=1S/C27H28O5/c1-2-6-20-17-23(31-22-7-4-3-5-8-22)10-12-25(20)30-14-13-24-18-21-15-19(16-27(28)29)9-11-26(21)32-24/h3-5,7-12,15,17-18,27-29H,2,6,13-14,16H2,1H3. The first-order chi connectivity index (χ1) is 15.6. The highest BCUT2D eigenvalue weighted by Gasteiger charge is 2.10. The molecular weight excluding hydrogens is 404 g/mol. The minimum Gasteiger partial charge on any atom is -0.493 e. The molecule has 0 saturated heterocycles. The smallest absolute Gasteiger partial charge is 0.155 e. The van der Waals surface area contributed by atoms with Crippen molar-refractivity contribution in [3.63, 3.8) is 0 Å². The molecule has 5 heteroatoms. The van der Waals surface area contributed by atoms with Crippen molar-refractivity contribution in [3.8, 4) is 17.2 Å². The van der Waals surface area contributed by atoms with E-state index >= 15 is 0 Å². The number of fused-ring (bicyclic) bond motifs is 1. The quantitative estimate of drug-likeness (QED) is 0.317. The van der Waals surface area contributed by atoms with Gasteiger partial charge in [-0.25, -0.2) is 0 Å². The molecule has 0 unspecified atom stereocenters. The highest BCUT2D eigenvalue weighted by molar-refractivity contribution is 5.78. The third-order valence-corrected chi connectivity index (χ3v) is 5.19. The molecule has 0 fully saturated rings. The molecule has 4 aromatic rings. The van der Waals surface area contributed by atoms with Crippen LogP contribution in [0.25, 0.3) is 11.0 Å². The van der Waals surface area contributed by atoms with Crippen molar-refractivity contribution in [1.82, 2.24) is 0 Å². The average molecular weight is 433 g/mol. The summed E-state index contributed by atoms with van der Waals surface area (Å²) in [7, 11) is 0. The number of hydrogen-bond acceptors (Lipinski definition) is 5. The van der Waals surface area contributed by atoms with Gasteiger partial charge in [-0.2, -0.15) is 0 Å². The second-order valence-electron chi connectivity index (χ2n) is 7.80. The van der Waals surface area contributed by atoms with E-state index in [1.54, 1.807) is 0 Å². The van der Waals surface area contributed by atoms with Crippen molar-refractivity contribution in [2.45, 2.75) is 38.9 Å². The molecule has 0 radical (unpaired) electrons. The van der Waals surface area contributed by atoms with Crippen molar-refractivity contribution in [1.29, 1.82) is 0 Å². The van der Waals surface area contributed by atoms with Gasteiger partial charge in [0, 0.05) is 18.2 Å². The fourth-order valence-corrected chi connectivity index (χ4v) is 3.72. The molecule has 2 N–H and O–H groups in total. The molecule has 3 aromatic carbocycles. The lowest BCUT2D eigenvalue weighted by Gasteiger charge is -2.13. The fourth-order valence-electron chi connectivity index (χ4n) is 3.72. The number of aryl methyl sites for hydroxylation is 1. The van der Waals surface area contributed by atoms with Crippen LogP contribution in [0.2, 0.25) is 0 Å². The molecule has 1 aromatic heterocycles. The minimum atomic E-state index is -1.35. The van der Waals surface area contributed by atoms with Gasteiger partial charge in [-0.15, -0.1) is 0 Å². The molecule has 0 aliphatic rings. The summed E-state index contributed by atoms with van der Waals surface area (Å²) in [6.07, 6.45) is 1.41. The molecular formula is C27H28O5. The summed E-state index contributed by atoms with van der Waals surface area (Å²) < 4.78 is 18.0. The summed E-state index contributed by atoms with van der Waals surface area (Å²) in [6, 6.07) is 23.3. The second-order valence-corrected chi connectivity index (χ2v) is 7.80. The maximum Gasteiger partial charge on any atom is 0.155 e. The summed E-state index contributed by atoms with van der Waals surface area (Å²) >= 11 is 0. The first kappa shape index (κ1) is 21.9. The number of furan rings is 1. The Morgan fingerprint density at radius 2 is 1.72 bits per heavy atom. The molecule has 0 saturated carbocycles. The Morgan fingerprint density at radius 1 is 0.875 bits per heavy atom. The fraction of sp³-hybridized carbons (Fsp3) is 0.259. The lowest BCUT2D eigenvalue weighted by atomic mass is 10.1. The topological polar surface area (TPSA) is 72.1 Å². The van der Waals surface area contributed by atoms with Crippen LogP contribution in [-0.4, -0.2) is 23.1 Å². The summed E-state index contributed by atoms with van der Waals surface area (Å²) in [5.74, 6) is 3.31. The van der Waals surface area contributed by atoms with E-state index in [1.807, 2.05) is 72.8 Å². The van der Waals surface area contributed by atoms with Crippen LogP contribution < -0.4 is 9.47 Å². The van der Waals surface area contributed by atoms with Gasteiger partial charge in [-0.1, -0.05) is 37.6 Å². The van der Waals surface area contributed by atoms with Crippen LogP contribution in [0.4, 0.5) is 0 Å². The van der Waals surface area contributed by atoms with Crippen molar-refractivity contribution in [2.24, 2.45) is 0 Å². The van der Waals surface area contributed by atoms with Gasteiger partial charge in [-0.05, 0) is 66.1 Å². The molecule has 1 heterocycles. The summed E-state index contributed by atoms with van der Waals surface area (Å²) in [5.41, 5.74) is 2.76. The highest BCUT2D eigenvalue weighted by atomic mass is 16.5. The largest absolute Gasteiger partial charge is 0.493 e. The first-order valence-electron chi connectivity index (χ1n) is 11.0. The molecule has 0 bridgehead atoms. The normalized spacial score (nSPS) is 11.2. The van der Waals surface area contributed by atoms with Gasteiger partial charge < -0.3 is 24.1 Å². The van der Waals surface area contributed by atoms with E-state index in [9.17, 15) is 0 Å². The Balaban J connectivity index is 1.40. The van der Waals surface area contributed by atoms with E-state index in [0.29, 0.717) is 13.0 Å². The lowest BCUT2D eigenvalue weighted by Crippen LogP contribution is -2.07. The molecule has 4 rings (SSSR count). The number of aliphatic hydroxyl groups is 2. The number of para-hydroxylation sites is 1. The molecule has 0 spiro atoms. The Labute approximate surface area is 187 Å². The number of benzene rings is 3. The zero-order chi connectivity index (χ0) is 22.3. The molecule has 5 nitrogen and oxygen atoms in total. The minimum absolute atomic E-state index is 0.198. The number of aliphatic hydroxyl groups excluding tert-OH is 1. The van der Waals surface area contributed by atoms with Crippen LogP contribution in [0.15, 0.2) is 77.2 Å².